The molecule has 27 heavy (non-hydrogen) atoms. The second-order valence-electron chi connectivity index (χ2n) is 7.08. The highest BCUT2D eigenvalue weighted by Gasteiger charge is 2.46. The molecule has 0 unspecified atom stereocenters. The summed E-state index contributed by atoms with van der Waals surface area (Å²) in [6, 6.07) is 10.4. The number of amides is 1. The highest BCUT2D eigenvalue weighted by molar-refractivity contribution is 5.94. The van der Waals surface area contributed by atoms with Gasteiger partial charge in [-0.1, -0.05) is 30.7 Å². The molecule has 1 saturated heterocycles. The van der Waals surface area contributed by atoms with Gasteiger partial charge in [0.25, 0.3) is 5.91 Å². The quantitative estimate of drug-likeness (QED) is 0.834. The summed E-state index contributed by atoms with van der Waals surface area (Å²) in [5.41, 5.74) is 1.46. The third-order valence-corrected chi connectivity index (χ3v) is 5.29. The van der Waals surface area contributed by atoms with Crippen LogP contribution < -0.4 is 5.32 Å². The van der Waals surface area contributed by atoms with Gasteiger partial charge < -0.3 is 19.2 Å². The Bertz CT molecular complexity index is 833. The Labute approximate surface area is 157 Å². The third kappa shape index (κ3) is 3.55. The Morgan fingerprint density at radius 3 is 2.48 bits per heavy atom. The summed E-state index contributed by atoms with van der Waals surface area (Å²) in [6.07, 6.45) is 3.69. The first-order chi connectivity index (χ1) is 13.1. The number of hydrogen-bond acceptors (Lipinski definition) is 5. The number of furan rings is 1. The van der Waals surface area contributed by atoms with Crippen LogP contribution in [0.2, 0.25) is 0 Å². The van der Waals surface area contributed by atoms with Gasteiger partial charge in [-0.2, -0.15) is 0 Å². The smallest absolute Gasteiger partial charge is 0.287 e. The molecule has 2 fully saturated rings. The van der Waals surface area contributed by atoms with Crippen LogP contribution in [0.3, 0.4) is 0 Å². The zero-order valence-electron chi connectivity index (χ0n) is 15.3. The molecule has 0 radical (unpaired) electrons. The van der Waals surface area contributed by atoms with E-state index >= 15 is 0 Å². The van der Waals surface area contributed by atoms with Crippen molar-refractivity contribution in [2.45, 2.75) is 44.4 Å². The highest BCUT2D eigenvalue weighted by atomic mass is 16.7. The summed E-state index contributed by atoms with van der Waals surface area (Å²) in [6.45, 7) is 2.65. The molecule has 1 saturated carbocycles. The van der Waals surface area contributed by atoms with Gasteiger partial charge >= 0.3 is 0 Å². The van der Waals surface area contributed by atoms with E-state index in [-0.39, 0.29) is 23.5 Å². The molecule has 2 heterocycles. The molecule has 6 nitrogen and oxygen atoms in total. The van der Waals surface area contributed by atoms with Crippen molar-refractivity contribution in [1.82, 2.24) is 5.32 Å². The fourth-order valence-corrected chi connectivity index (χ4v) is 3.83. The summed E-state index contributed by atoms with van der Waals surface area (Å²) in [5, 5.41) is 3.03. The molecule has 1 atom stereocenters. The predicted octanol–water partition coefficient (Wildman–Crippen LogP) is 3.56. The maximum absolute atomic E-state index is 12.7. The van der Waals surface area contributed by atoms with Crippen molar-refractivity contribution in [1.29, 1.82) is 0 Å². The molecule has 2 aliphatic rings. The zero-order chi connectivity index (χ0) is 18.9. The van der Waals surface area contributed by atoms with E-state index in [1.807, 2.05) is 12.1 Å². The fourth-order valence-electron chi connectivity index (χ4n) is 3.83. The molecule has 1 aliphatic carbocycles. The number of ketones is 1. The van der Waals surface area contributed by atoms with Gasteiger partial charge in [-0.25, -0.2) is 0 Å². The molecule has 6 heteroatoms. The van der Waals surface area contributed by atoms with Crippen LogP contribution in [0.25, 0.3) is 11.3 Å². The lowest BCUT2D eigenvalue weighted by atomic mass is 9.89. The van der Waals surface area contributed by atoms with Crippen LogP contribution in [0, 0.1) is 0 Å². The Kier molecular flexibility index (Phi) is 4.85. The Morgan fingerprint density at radius 2 is 1.78 bits per heavy atom. The summed E-state index contributed by atoms with van der Waals surface area (Å²) in [5.74, 6) is -0.113. The van der Waals surface area contributed by atoms with E-state index in [9.17, 15) is 9.59 Å². The van der Waals surface area contributed by atoms with Crippen molar-refractivity contribution in [2.75, 3.05) is 13.2 Å². The van der Waals surface area contributed by atoms with Gasteiger partial charge in [0.2, 0.25) is 0 Å². The monoisotopic (exact) mass is 369 g/mol. The van der Waals surface area contributed by atoms with Crippen LogP contribution in [0.5, 0.6) is 0 Å². The van der Waals surface area contributed by atoms with Crippen molar-refractivity contribution in [3.63, 3.8) is 0 Å². The van der Waals surface area contributed by atoms with E-state index in [1.54, 1.807) is 24.3 Å². The fraction of sp³-hybridized carbons (Fsp3) is 0.429. The van der Waals surface area contributed by atoms with E-state index in [0.29, 0.717) is 24.5 Å². The first-order valence-electron chi connectivity index (χ1n) is 9.37. The summed E-state index contributed by atoms with van der Waals surface area (Å²) >= 11 is 0. The second kappa shape index (κ2) is 7.29. The van der Waals surface area contributed by atoms with E-state index in [0.717, 1.165) is 31.2 Å². The Morgan fingerprint density at radius 1 is 1.04 bits per heavy atom. The molecule has 142 valence electrons. The maximum atomic E-state index is 12.7. The number of Topliss-reactive ketones (excluding diaryl/α,β-unsaturated/α-hetero) is 1. The van der Waals surface area contributed by atoms with Crippen LogP contribution >= 0.6 is 0 Å². The van der Waals surface area contributed by atoms with Gasteiger partial charge in [-0.15, -0.1) is 0 Å². The molecular formula is C21H23NO5. The Hall–Kier alpha value is -2.44. The lowest BCUT2D eigenvalue weighted by Crippen LogP contribution is -2.55. The third-order valence-electron chi connectivity index (χ3n) is 5.29. The van der Waals surface area contributed by atoms with Gasteiger partial charge in [0.05, 0.1) is 19.3 Å². The van der Waals surface area contributed by atoms with Gasteiger partial charge in [0, 0.05) is 17.5 Å². The second-order valence-corrected chi connectivity index (χ2v) is 7.08. The van der Waals surface area contributed by atoms with Crippen molar-refractivity contribution >= 4 is 11.7 Å². The largest absolute Gasteiger partial charge is 0.451 e. The molecule has 1 amide bonds. The maximum Gasteiger partial charge on any atom is 0.287 e. The Balaban J connectivity index is 1.47. The minimum Gasteiger partial charge on any atom is -0.451 e. The minimum absolute atomic E-state index is 0.0128. The molecule has 1 aromatic heterocycles. The summed E-state index contributed by atoms with van der Waals surface area (Å²) in [4.78, 5) is 24.1. The van der Waals surface area contributed by atoms with E-state index in [4.69, 9.17) is 13.9 Å². The molecule has 1 spiro atoms. The van der Waals surface area contributed by atoms with E-state index in [2.05, 4.69) is 5.32 Å². The first-order valence-corrected chi connectivity index (χ1v) is 9.37. The van der Waals surface area contributed by atoms with Gasteiger partial charge in [0.1, 0.15) is 5.76 Å². The van der Waals surface area contributed by atoms with E-state index in [1.165, 1.54) is 6.92 Å². The molecule has 2 aromatic rings. The number of carbonyl (C=O) groups excluding carboxylic acids is 2. The minimum atomic E-state index is -0.689. The van der Waals surface area contributed by atoms with Crippen molar-refractivity contribution in [2.24, 2.45) is 0 Å². The number of nitrogens with one attached hydrogen (secondary N) is 1. The average Bonchev–Trinajstić information content (AvgIpc) is 3.34. The first kappa shape index (κ1) is 17.9. The van der Waals surface area contributed by atoms with Crippen LogP contribution in [0.15, 0.2) is 40.8 Å². The van der Waals surface area contributed by atoms with Gasteiger partial charge in [-0.3, -0.25) is 9.59 Å². The van der Waals surface area contributed by atoms with Crippen LogP contribution in [-0.2, 0) is 9.47 Å². The molecule has 1 N–H and O–H groups in total. The standard InChI is InChI=1S/C21H23NO5/c1-14(23)15-5-7-16(8-6-15)17-9-10-18(27-17)20(24)22-19-4-2-3-11-21(19)25-12-13-26-21/h5-10,19H,2-4,11-13H2,1H3,(H,22,24)/t19-/m1/s1. The van der Waals surface area contributed by atoms with Crippen LogP contribution in [0.4, 0.5) is 0 Å². The number of rotatable bonds is 4. The number of hydrogen-bond donors (Lipinski definition) is 1. The lowest BCUT2D eigenvalue weighted by Gasteiger charge is -2.39. The molecule has 1 aliphatic heterocycles. The molecule has 1 aromatic carbocycles. The summed E-state index contributed by atoms with van der Waals surface area (Å²) in [7, 11) is 0. The topological polar surface area (TPSA) is 77.8 Å². The molecule has 0 bridgehead atoms. The number of benzene rings is 1. The van der Waals surface area contributed by atoms with Crippen molar-refractivity contribution < 1.29 is 23.5 Å². The van der Waals surface area contributed by atoms with Gasteiger partial charge in [0.15, 0.2) is 17.3 Å². The van der Waals surface area contributed by atoms with E-state index < -0.39 is 5.79 Å². The van der Waals surface area contributed by atoms with Crippen molar-refractivity contribution in [3.8, 4) is 11.3 Å². The van der Waals surface area contributed by atoms with Gasteiger partial charge in [-0.05, 0) is 31.9 Å². The predicted molar refractivity (Wildman–Crippen MR) is 98.5 cm³/mol. The number of ether oxygens (including phenoxy) is 2. The lowest BCUT2D eigenvalue weighted by molar-refractivity contribution is -0.192. The molecular weight excluding hydrogens is 346 g/mol. The summed E-state index contributed by atoms with van der Waals surface area (Å²) < 4.78 is 17.4. The van der Waals surface area contributed by atoms with Crippen LogP contribution in [0.1, 0.15) is 53.5 Å². The van der Waals surface area contributed by atoms with Crippen molar-refractivity contribution in [3.05, 3.63) is 47.7 Å². The SMILES string of the molecule is CC(=O)c1ccc(-c2ccc(C(=O)N[C@@H]3CCCCC34OCCO4)o2)cc1. The normalized spacial score (nSPS) is 21.3. The zero-order valence-corrected chi connectivity index (χ0v) is 15.3. The number of carbonyl (C=O) groups is 2. The molecule has 4 rings (SSSR count). The highest BCUT2D eigenvalue weighted by Crippen LogP contribution is 2.36. The van der Waals surface area contributed by atoms with Crippen LogP contribution in [-0.4, -0.2) is 36.7 Å². The average molecular weight is 369 g/mol.